The molecule has 0 aliphatic heterocycles. The van der Waals surface area contributed by atoms with E-state index in [0.717, 1.165) is 17.5 Å². The average Bonchev–Trinajstić information content (AvgIpc) is 2.76. The molecule has 0 fully saturated rings. The van der Waals surface area contributed by atoms with E-state index in [1.54, 1.807) is 6.07 Å². The predicted octanol–water partition coefficient (Wildman–Crippen LogP) is 3.45. The van der Waals surface area contributed by atoms with Crippen LogP contribution >= 0.6 is 11.5 Å². The maximum absolute atomic E-state index is 12.3. The third-order valence-corrected chi connectivity index (χ3v) is 4.46. The van der Waals surface area contributed by atoms with Crippen molar-refractivity contribution in [3.63, 3.8) is 0 Å². The summed E-state index contributed by atoms with van der Waals surface area (Å²) in [5.41, 5.74) is -0.234. The average molecular weight is 292 g/mol. The van der Waals surface area contributed by atoms with Crippen LogP contribution in [-0.4, -0.2) is 16.0 Å². The van der Waals surface area contributed by atoms with Crippen LogP contribution in [0.2, 0.25) is 0 Å². The van der Waals surface area contributed by atoms with Crippen LogP contribution in [0.3, 0.4) is 0 Å². The Morgan fingerprint density at radius 2 is 2.05 bits per heavy atom. The molecule has 1 heterocycles. The van der Waals surface area contributed by atoms with Gasteiger partial charge in [-0.05, 0) is 36.0 Å². The van der Waals surface area contributed by atoms with E-state index in [0.29, 0.717) is 11.3 Å². The standard InChI is InChI=1S/C15H20N2O2S/c1-4-7-12(10(2)3)16-15(19)17-14(18)11-8-5-6-9-13(11)20-17/h5-6,8-10,12H,4,7H2,1-3H3,(H,16,19). The normalized spacial score (nSPS) is 12.8. The van der Waals surface area contributed by atoms with Gasteiger partial charge in [0, 0.05) is 6.04 Å². The maximum Gasteiger partial charge on any atom is 0.338 e. The number of carbonyl (C=O) groups is 1. The van der Waals surface area contributed by atoms with Gasteiger partial charge in [0.1, 0.15) is 0 Å². The van der Waals surface area contributed by atoms with E-state index < -0.39 is 0 Å². The molecule has 1 aromatic heterocycles. The van der Waals surface area contributed by atoms with E-state index in [1.165, 1.54) is 15.5 Å². The number of rotatable bonds is 4. The molecule has 2 rings (SSSR count). The van der Waals surface area contributed by atoms with E-state index in [1.807, 2.05) is 18.2 Å². The van der Waals surface area contributed by atoms with Crippen LogP contribution < -0.4 is 10.9 Å². The lowest BCUT2D eigenvalue weighted by molar-refractivity contribution is 0.234. The molecule has 0 aliphatic rings. The highest BCUT2D eigenvalue weighted by Gasteiger charge is 2.19. The fraction of sp³-hybridized carbons (Fsp3) is 0.467. The van der Waals surface area contributed by atoms with Crippen molar-refractivity contribution in [2.75, 3.05) is 0 Å². The van der Waals surface area contributed by atoms with Gasteiger partial charge in [0.15, 0.2) is 0 Å². The summed E-state index contributed by atoms with van der Waals surface area (Å²) in [6.45, 7) is 6.25. The lowest BCUT2D eigenvalue weighted by Crippen LogP contribution is -2.42. The number of nitrogens with one attached hydrogen (secondary N) is 1. The van der Waals surface area contributed by atoms with Crippen LogP contribution in [0.5, 0.6) is 0 Å². The highest BCUT2D eigenvalue weighted by molar-refractivity contribution is 7.14. The number of fused-ring (bicyclic) bond motifs is 1. The molecule has 4 nitrogen and oxygen atoms in total. The van der Waals surface area contributed by atoms with Crippen molar-refractivity contribution in [1.82, 2.24) is 9.27 Å². The SMILES string of the molecule is CCCC(NC(=O)n1sc2ccccc2c1=O)C(C)C. The van der Waals surface area contributed by atoms with Gasteiger partial charge >= 0.3 is 6.03 Å². The van der Waals surface area contributed by atoms with Gasteiger partial charge in [0.25, 0.3) is 5.56 Å². The van der Waals surface area contributed by atoms with Gasteiger partial charge < -0.3 is 5.32 Å². The first-order chi connectivity index (χ1) is 9.54. The number of amides is 1. The Morgan fingerprint density at radius 1 is 1.35 bits per heavy atom. The molecule has 1 unspecified atom stereocenters. The molecule has 1 N–H and O–H groups in total. The Morgan fingerprint density at radius 3 is 2.65 bits per heavy atom. The Bertz CT molecular complexity index is 657. The van der Waals surface area contributed by atoms with Crippen molar-refractivity contribution in [1.29, 1.82) is 0 Å². The minimum atomic E-state index is -0.316. The smallest absolute Gasteiger partial charge is 0.334 e. The Hall–Kier alpha value is -1.62. The number of nitrogens with zero attached hydrogens (tertiary/aromatic N) is 1. The van der Waals surface area contributed by atoms with Gasteiger partial charge in [-0.1, -0.05) is 39.3 Å². The first-order valence-electron chi connectivity index (χ1n) is 6.96. The molecule has 5 heteroatoms. The second-order valence-electron chi connectivity index (χ2n) is 5.28. The fourth-order valence-electron chi connectivity index (χ4n) is 2.21. The highest BCUT2D eigenvalue weighted by atomic mass is 32.1. The Labute approximate surface area is 122 Å². The summed E-state index contributed by atoms with van der Waals surface area (Å²) in [7, 11) is 0. The summed E-state index contributed by atoms with van der Waals surface area (Å²) < 4.78 is 2.06. The molecular formula is C15H20N2O2S. The predicted molar refractivity (Wildman–Crippen MR) is 83.5 cm³/mol. The summed E-state index contributed by atoms with van der Waals surface area (Å²) in [5, 5.41) is 3.57. The van der Waals surface area contributed by atoms with Crippen molar-refractivity contribution in [3.8, 4) is 0 Å². The summed E-state index contributed by atoms with van der Waals surface area (Å²) in [4.78, 5) is 24.5. The molecule has 20 heavy (non-hydrogen) atoms. The summed E-state index contributed by atoms with van der Waals surface area (Å²) in [6.07, 6.45) is 1.92. The van der Waals surface area contributed by atoms with Crippen molar-refractivity contribution in [2.45, 2.75) is 39.7 Å². The molecule has 1 amide bonds. The lowest BCUT2D eigenvalue weighted by atomic mass is 10.00. The van der Waals surface area contributed by atoms with Gasteiger partial charge in [-0.25, -0.2) is 4.79 Å². The summed E-state index contributed by atoms with van der Waals surface area (Å²) >= 11 is 1.20. The number of carbonyl (C=O) groups excluding carboxylic acids is 1. The molecule has 0 saturated carbocycles. The number of hydrogen-bond acceptors (Lipinski definition) is 3. The van der Waals surface area contributed by atoms with Crippen molar-refractivity contribution >= 4 is 27.6 Å². The zero-order valence-electron chi connectivity index (χ0n) is 12.1. The Kier molecular flexibility index (Phi) is 4.60. The highest BCUT2D eigenvalue weighted by Crippen LogP contribution is 2.16. The maximum atomic E-state index is 12.3. The molecular weight excluding hydrogens is 272 g/mol. The largest absolute Gasteiger partial charge is 0.338 e. The van der Waals surface area contributed by atoms with Crippen molar-refractivity contribution < 1.29 is 4.79 Å². The third kappa shape index (κ3) is 2.93. The van der Waals surface area contributed by atoms with Gasteiger partial charge in [-0.2, -0.15) is 3.96 Å². The first kappa shape index (κ1) is 14.8. The van der Waals surface area contributed by atoms with E-state index >= 15 is 0 Å². The molecule has 108 valence electrons. The third-order valence-electron chi connectivity index (χ3n) is 3.39. The van der Waals surface area contributed by atoms with E-state index in [2.05, 4.69) is 26.1 Å². The molecule has 2 aromatic rings. The van der Waals surface area contributed by atoms with E-state index in [9.17, 15) is 9.59 Å². The van der Waals surface area contributed by atoms with Crippen LogP contribution in [0.25, 0.3) is 10.1 Å². The van der Waals surface area contributed by atoms with Crippen molar-refractivity contribution in [2.24, 2.45) is 5.92 Å². The van der Waals surface area contributed by atoms with Crippen LogP contribution in [-0.2, 0) is 0 Å². The number of hydrogen-bond donors (Lipinski definition) is 1. The van der Waals surface area contributed by atoms with Gasteiger partial charge in [-0.15, -0.1) is 0 Å². The van der Waals surface area contributed by atoms with Gasteiger partial charge in [-0.3, -0.25) is 4.79 Å². The van der Waals surface area contributed by atoms with Crippen LogP contribution in [0.1, 0.15) is 33.6 Å². The van der Waals surface area contributed by atoms with Crippen LogP contribution in [0, 0.1) is 5.92 Å². The summed E-state index contributed by atoms with van der Waals surface area (Å²) in [5.74, 6) is 0.351. The first-order valence-corrected chi connectivity index (χ1v) is 7.73. The molecule has 1 atom stereocenters. The van der Waals surface area contributed by atoms with Gasteiger partial charge in [0.05, 0.1) is 10.1 Å². The molecule has 1 aromatic carbocycles. The molecule has 0 saturated heterocycles. The van der Waals surface area contributed by atoms with Gasteiger partial charge in [0.2, 0.25) is 0 Å². The number of aromatic nitrogens is 1. The lowest BCUT2D eigenvalue weighted by Gasteiger charge is -2.21. The number of benzene rings is 1. The monoisotopic (exact) mass is 292 g/mol. The molecule has 0 spiro atoms. The second kappa shape index (κ2) is 6.22. The minimum absolute atomic E-state index is 0.101. The quantitative estimate of drug-likeness (QED) is 0.938. The molecule has 0 radical (unpaired) electrons. The Balaban J connectivity index is 2.27. The van der Waals surface area contributed by atoms with Crippen LogP contribution in [0.15, 0.2) is 29.1 Å². The van der Waals surface area contributed by atoms with Crippen LogP contribution in [0.4, 0.5) is 4.79 Å². The van der Waals surface area contributed by atoms with E-state index in [4.69, 9.17) is 0 Å². The van der Waals surface area contributed by atoms with Crippen molar-refractivity contribution in [3.05, 3.63) is 34.6 Å². The fourth-order valence-corrected chi connectivity index (χ4v) is 3.11. The zero-order valence-corrected chi connectivity index (χ0v) is 12.9. The summed E-state index contributed by atoms with van der Waals surface area (Å²) in [6, 6.07) is 7.08. The minimum Gasteiger partial charge on any atom is -0.334 e. The molecule has 0 bridgehead atoms. The zero-order chi connectivity index (χ0) is 14.7. The topological polar surface area (TPSA) is 51.1 Å². The molecule has 0 aliphatic carbocycles. The second-order valence-corrected chi connectivity index (χ2v) is 6.26. The van der Waals surface area contributed by atoms with E-state index in [-0.39, 0.29) is 17.6 Å².